The molecule has 1 aromatic carbocycles. The van der Waals surface area contributed by atoms with Crippen molar-refractivity contribution in [1.82, 2.24) is 10.2 Å². The Kier molecular flexibility index (Phi) is 4.78. The Morgan fingerprint density at radius 3 is 2.78 bits per heavy atom. The van der Waals surface area contributed by atoms with Gasteiger partial charge in [0.2, 0.25) is 5.91 Å². The van der Waals surface area contributed by atoms with Gasteiger partial charge in [0, 0.05) is 24.0 Å². The summed E-state index contributed by atoms with van der Waals surface area (Å²) in [6.45, 7) is 2.98. The molecule has 0 unspecified atom stereocenters. The quantitative estimate of drug-likeness (QED) is 0.930. The summed E-state index contributed by atoms with van der Waals surface area (Å²) in [4.78, 5) is 14.0. The van der Waals surface area contributed by atoms with Crippen molar-refractivity contribution in [1.29, 1.82) is 0 Å². The zero-order valence-electron chi connectivity index (χ0n) is 10.7. The van der Waals surface area contributed by atoms with Crippen LogP contribution in [0.5, 0.6) is 0 Å². The predicted molar refractivity (Wildman–Crippen MR) is 76.2 cm³/mol. The highest BCUT2D eigenvalue weighted by molar-refractivity contribution is 9.10. The van der Waals surface area contributed by atoms with Crippen LogP contribution in [-0.2, 0) is 11.3 Å². The van der Waals surface area contributed by atoms with E-state index in [1.807, 2.05) is 6.07 Å². The first-order chi connectivity index (χ1) is 8.69. The van der Waals surface area contributed by atoms with E-state index in [2.05, 4.69) is 44.3 Å². The largest absolute Gasteiger partial charge is 0.359 e. The molecule has 4 heteroatoms. The van der Waals surface area contributed by atoms with Crippen LogP contribution in [0.2, 0.25) is 0 Å². The van der Waals surface area contributed by atoms with Gasteiger partial charge in [-0.05, 0) is 43.6 Å². The molecule has 0 atom stereocenters. The first kappa shape index (κ1) is 13.6. The normalized spacial score (nSPS) is 17.7. The van der Waals surface area contributed by atoms with Gasteiger partial charge in [-0.25, -0.2) is 0 Å². The number of rotatable bonds is 3. The lowest BCUT2D eigenvalue weighted by atomic mass is 9.95. The summed E-state index contributed by atoms with van der Waals surface area (Å²) in [5.74, 6) is 0.394. The fourth-order valence-electron chi connectivity index (χ4n) is 2.45. The standard InChI is InChI=1S/C14H19BrN2O/c1-16-14(18)12-5-7-17(8-6-12)10-11-3-2-4-13(15)9-11/h2-4,9,12H,5-8,10H2,1H3,(H,16,18). The van der Waals surface area contributed by atoms with E-state index in [-0.39, 0.29) is 11.8 Å². The van der Waals surface area contributed by atoms with E-state index >= 15 is 0 Å². The maximum absolute atomic E-state index is 11.5. The van der Waals surface area contributed by atoms with Gasteiger partial charge in [0.25, 0.3) is 0 Å². The molecule has 1 aromatic rings. The van der Waals surface area contributed by atoms with Crippen molar-refractivity contribution in [2.24, 2.45) is 5.92 Å². The molecule has 0 spiro atoms. The SMILES string of the molecule is CNC(=O)C1CCN(Cc2cccc(Br)c2)CC1. The average Bonchev–Trinajstić information content (AvgIpc) is 2.39. The van der Waals surface area contributed by atoms with Crippen LogP contribution in [0.15, 0.2) is 28.7 Å². The minimum absolute atomic E-state index is 0.192. The summed E-state index contributed by atoms with van der Waals surface area (Å²) >= 11 is 3.49. The van der Waals surface area contributed by atoms with Crippen molar-refractivity contribution in [3.05, 3.63) is 34.3 Å². The van der Waals surface area contributed by atoms with Crippen molar-refractivity contribution in [2.75, 3.05) is 20.1 Å². The van der Waals surface area contributed by atoms with Crippen LogP contribution in [0.4, 0.5) is 0 Å². The van der Waals surface area contributed by atoms with Crippen LogP contribution in [-0.4, -0.2) is 30.9 Å². The zero-order valence-corrected chi connectivity index (χ0v) is 12.2. The Balaban J connectivity index is 1.85. The van der Waals surface area contributed by atoms with Gasteiger partial charge in [0.1, 0.15) is 0 Å². The fourth-order valence-corrected chi connectivity index (χ4v) is 2.90. The molecule has 0 bridgehead atoms. The molecule has 0 saturated carbocycles. The fraction of sp³-hybridized carbons (Fsp3) is 0.500. The van der Waals surface area contributed by atoms with Gasteiger partial charge in [-0.3, -0.25) is 9.69 Å². The van der Waals surface area contributed by atoms with Crippen LogP contribution in [0.25, 0.3) is 0 Å². The third kappa shape index (κ3) is 3.56. The number of hydrogen-bond acceptors (Lipinski definition) is 2. The molecule has 1 heterocycles. The second-order valence-corrected chi connectivity index (χ2v) is 5.71. The number of amides is 1. The summed E-state index contributed by atoms with van der Waals surface area (Å²) < 4.78 is 1.13. The number of benzene rings is 1. The Morgan fingerprint density at radius 2 is 2.17 bits per heavy atom. The van der Waals surface area contributed by atoms with Crippen molar-refractivity contribution in [3.8, 4) is 0 Å². The first-order valence-electron chi connectivity index (χ1n) is 6.37. The smallest absolute Gasteiger partial charge is 0.222 e. The first-order valence-corrected chi connectivity index (χ1v) is 7.16. The summed E-state index contributed by atoms with van der Waals surface area (Å²) in [7, 11) is 1.72. The maximum atomic E-state index is 11.5. The maximum Gasteiger partial charge on any atom is 0.222 e. The Labute approximate surface area is 117 Å². The Hall–Kier alpha value is -0.870. The van der Waals surface area contributed by atoms with E-state index in [0.717, 1.165) is 36.9 Å². The molecular weight excluding hydrogens is 292 g/mol. The summed E-state index contributed by atoms with van der Waals surface area (Å²) in [6.07, 6.45) is 1.93. The number of hydrogen-bond donors (Lipinski definition) is 1. The van der Waals surface area contributed by atoms with Gasteiger partial charge < -0.3 is 5.32 Å². The Bertz CT molecular complexity index is 414. The molecule has 1 N–H and O–H groups in total. The van der Waals surface area contributed by atoms with Crippen molar-refractivity contribution in [2.45, 2.75) is 19.4 Å². The molecule has 1 aliphatic rings. The van der Waals surface area contributed by atoms with Crippen LogP contribution in [0, 0.1) is 5.92 Å². The van der Waals surface area contributed by atoms with Crippen LogP contribution < -0.4 is 5.32 Å². The van der Waals surface area contributed by atoms with Crippen LogP contribution >= 0.6 is 15.9 Å². The predicted octanol–water partition coefficient (Wildman–Crippen LogP) is 2.41. The Morgan fingerprint density at radius 1 is 1.44 bits per heavy atom. The number of likely N-dealkylation sites (tertiary alicyclic amines) is 1. The molecule has 3 nitrogen and oxygen atoms in total. The van der Waals surface area contributed by atoms with E-state index in [9.17, 15) is 4.79 Å². The van der Waals surface area contributed by atoms with Crippen molar-refractivity contribution < 1.29 is 4.79 Å². The molecule has 98 valence electrons. The zero-order chi connectivity index (χ0) is 13.0. The van der Waals surface area contributed by atoms with Gasteiger partial charge in [0.05, 0.1) is 0 Å². The molecule has 0 aliphatic carbocycles. The molecule has 1 fully saturated rings. The highest BCUT2D eigenvalue weighted by Gasteiger charge is 2.23. The lowest BCUT2D eigenvalue weighted by molar-refractivity contribution is -0.125. The number of nitrogens with zero attached hydrogens (tertiary/aromatic N) is 1. The van der Waals surface area contributed by atoms with Gasteiger partial charge in [-0.1, -0.05) is 28.1 Å². The van der Waals surface area contributed by atoms with E-state index in [1.54, 1.807) is 7.05 Å². The summed E-state index contributed by atoms with van der Waals surface area (Å²) in [5, 5.41) is 2.74. The van der Waals surface area contributed by atoms with Gasteiger partial charge in [-0.2, -0.15) is 0 Å². The van der Waals surface area contributed by atoms with Gasteiger partial charge in [0.15, 0.2) is 0 Å². The summed E-state index contributed by atoms with van der Waals surface area (Å²) in [6, 6.07) is 8.42. The third-order valence-corrected chi connectivity index (χ3v) is 3.99. The molecule has 2 rings (SSSR count). The van der Waals surface area contributed by atoms with E-state index < -0.39 is 0 Å². The molecule has 1 amide bonds. The number of halogens is 1. The number of carbonyl (C=O) groups is 1. The monoisotopic (exact) mass is 310 g/mol. The average molecular weight is 311 g/mol. The van der Waals surface area contributed by atoms with E-state index in [1.165, 1.54) is 5.56 Å². The minimum Gasteiger partial charge on any atom is -0.359 e. The highest BCUT2D eigenvalue weighted by Crippen LogP contribution is 2.20. The van der Waals surface area contributed by atoms with Crippen molar-refractivity contribution in [3.63, 3.8) is 0 Å². The van der Waals surface area contributed by atoms with E-state index in [4.69, 9.17) is 0 Å². The van der Waals surface area contributed by atoms with E-state index in [0.29, 0.717) is 0 Å². The summed E-state index contributed by atoms with van der Waals surface area (Å²) in [5.41, 5.74) is 1.32. The third-order valence-electron chi connectivity index (χ3n) is 3.50. The van der Waals surface area contributed by atoms with Gasteiger partial charge in [-0.15, -0.1) is 0 Å². The second kappa shape index (κ2) is 6.34. The van der Waals surface area contributed by atoms with Gasteiger partial charge >= 0.3 is 0 Å². The topological polar surface area (TPSA) is 32.3 Å². The molecule has 1 aliphatic heterocycles. The van der Waals surface area contributed by atoms with Crippen molar-refractivity contribution >= 4 is 21.8 Å². The molecule has 0 aromatic heterocycles. The molecule has 1 saturated heterocycles. The molecule has 0 radical (unpaired) electrons. The minimum atomic E-state index is 0.192. The lowest BCUT2D eigenvalue weighted by Crippen LogP contribution is -2.39. The lowest BCUT2D eigenvalue weighted by Gasteiger charge is -2.31. The second-order valence-electron chi connectivity index (χ2n) is 4.79. The number of piperidine rings is 1. The van der Waals surface area contributed by atoms with Crippen LogP contribution in [0.3, 0.4) is 0 Å². The van der Waals surface area contributed by atoms with Crippen LogP contribution in [0.1, 0.15) is 18.4 Å². The molecular formula is C14H19BrN2O. The number of nitrogens with one attached hydrogen (secondary N) is 1. The number of carbonyl (C=O) groups excluding carboxylic acids is 1. The molecule has 18 heavy (non-hydrogen) atoms. The highest BCUT2D eigenvalue weighted by atomic mass is 79.9.